The van der Waals surface area contributed by atoms with Crippen LogP contribution in [0.3, 0.4) is 0 Å². The van der Waals surface area contributed by atoms with Crippen molar-refractivity contribution in [2.75, 3.05) is 13.7 Å². The first-order valence-electron chi connectivity index (χ1n) is 12.0. The Morgan fingerprint density at radius 3 is 2.70 bits per heavy atom. The third kappa shape index (κ3) is 4.57. The normalized spacial score (nSPS) is 15.6. The fraction of sp³-hybridized carbons (Fsp3) is 0.250. The number of hydrogen-bond donors (Lipinski definition) is 0. The zero-order chi connectivity index (χ0) is 26.1. The van der Waals surface area contributed by atoms with E-state index in [9.17, 15) is 9.59 Å². The van der Waals surface area contributed by atoms with Crippen LogP contribution in [0, 0.1) is 0 Å². The minimum atomic E-state index is -0.775. The number of nitrogens with zero attached hydrogens (tertiary/aromatic N) is 2. The van der Waals surface area contributed by atoms with Crippen molar-refractivity contribution >= 4 is 50.1 Å². The first kappa shape index (κ1) is 25.2. The minimum absolute atomic E-state index is 0.207. The summed E-state index contributed by atoms with van der Waals surface area (Å²) < 4.78 is 19.5. The van der Waals surface area contributed by atoms with E-state index in [0.29, 0.717) is 43.2 Å². The molecule has 0 N–H and O–H groups in total. The van der Waals surface area contributed by atoms with E-state index in [0.717, 1.165) is 22.8 Å². The van der Waals surface area contributed by atoms with E-state index in [1.54, 1.807) is 36.8 Å². The Morgan fingerprint density at radius 2 is 2.00 bits per heavy atom. The molecule has 0 fully saturated rings. The van der Waals surface area contributed by atoms with E-state index in [2.05, 4.69) is 15.9 Å². The third-order valence-corrected chi connectivity index (χ3v) is 7.59. The Balaban J connectivity index is 1.89. The largest absolute Gasteiger partial charge is 0.496 e. The van der Waals surface area contributed by atoms with Gasteiger partial charge in [-0.1, -0.05) is 55.0 Å². The maximum atomic E-state index is 13.9. The number of hydrogen-bond acceptors (Lipinski definition) is 7. The maximum Gasteiger partial charge on any atom is 0.338 e. The molecule has 1 atom stereocenters. The average Bonchev–Trinajstić information content (AvgIpc) is 3.44. The number of aromatic nitrogens is 1. The highest BCUT2D eigenvalue weighted by Gasteiger charge is 2.37. The fourth-order valence-corrected chi connectivity index (χ4v) is 5.98. The summed E-state index contributed by atoms with van der Waals surface area (Å²) in [6.07, 6.45) is 3.03. The van der Waals surface area contributed by atoms with E-state index in [1.165, 1.54) is 11.3 Å². The number of methoxy groups -OCH3 is 1. The molecule has 0 spiro atoms. The van der Waals surface area contributed by atoms with Crippen LogP contribution in [0.2, 0.25) is 0 Å². The lowest BCUT2D eigenvalue weighted by molar-refractivity contribution is -0.139. The number of rotatable bonds is 7. The number of carbonyl (C=O) groups excluding carboxylic acids is 1. The van der Waals surface area contributed by atoms with Crippen LogP contribution in [0.15, 0.2) is 78.7 Å². The monoisotopic (exact) mass is 580 g/mol. The highest BCUT2D eigenvalue weighted by atomic mass is 79.9. The summed E-state index contributed by atoms with van der Waals surface area (Å²) in [5.74, 6) is 0.626. The summed E-state index contributed by atoms with van der Waals surface area (Å²) in [6, 6.07) is 14.5. The second-order valence-corrected chi connectivity index (χ2v) is 10.2. The molecule has 0 bridgehead atoms. The summed E-state index contributed by atoms with van der Waals surface area (Å²) >= 11 is 4.57. The van der Waals surface area contributed by atoms with Crippen molar-refractivity contribution in [3.63, 3.8) is 0 Å². The van der Waals surface area contributed by atoms with Crippen molar-refractivity contribution < 1.29 is 18.7 Å². The van der Waals surface area contributed by atoms with Crippen molar-refractivity contribution in [3.8, 4) is 5.75 Å². The molecular formula is C28H25BrN2O5S. The molecule has 190 valence electrons. The van der Waals surface area contributed by atoms with Crippen molar-refractivity contribution in [2.24, 2.45) is 4.99 Å². The van der Waals surface area contributed by atoms with Crippen molar-refractivity contribution in [2.45, 2.75) is 32.7 Å². The number of benzene rings is 2. The molecule has 37 heavy (non-hydrogen) atoms. The summed E-state index contributed by atoms with van der Waals surface area (Å²) in [5.41, 5.74) is 1.43. The lowest BCUT2D eigenvalue weighted by Gasteiger charge is -2.28. The molecule has 1 aliphatic heterocycles. The number of fused-ring (bicyclic) bond motifs is 2. The van der Waals surface area contributed by atoms with Gasteiger partial charge in [-0.3, -0.25) is 9.36 Å². The van der Waals surface area contributed by atoms with Gasteiger partial charge < -0.3 is 13.9 Å². The molecule has 4 aromatic rings. The number of halogens is 1. The lowest BCUT2D eigenvalue weighted by Crippen LogP contribution is -2.40. The summed E-state index contributed by atoms with van der Waals surface area (Å²) in [7, 11) is 1.59. The van der Waals surface area contributed by atoms with Gasteiger partial charge in [-0.25, -0.2) is 9.79 Å². The molecule has 2 aromatic carbocycles. The quantitative estimate of drug-likeness (QED) is 0.284. The predicted octanol–water partition coefficient (Wildman–Crippen LogP) is 5.10. The van der Waals surface area contributed by atoms with Gasteiger partial charge in [0.2, 0.25) is 0 Å². The van der Waals surface area contributed by atoms with E-state index >= 15 is 0 Å². The predicted molar refractivity (Wildman–Crippen MR) is 147 cm³/mol. The fourth-order valence-electron chi connectivity index (χ4n) is 4.66. The molecule has 7 nitrogen and oxygen atoms in total. The number of ether oxygens (including phenoxy) is 2. The zero-order valence-electron chi connectivity index (χ0n) is 20.6. The van der Waals surface area contributed by atoms with Gasteiger partial charge in [-0.05, 0) is 58.2 Å². The molecule has 1 aliphatic rings. The van der Waals surface area contributed by atoms with E-state index in [1.807, 2.05) is 43.3 Å². The molecule has 0 saturated carbocycles. The van der Waals surface area contributed by atoms with Gasteiger partial charge in [0.15, 0.2) is 9.47 Å². The smallest absolute Gasteiger partial charge is 0.338 e. The second kappa shape index (κ2) is 10.5. The highest BCUT2D eigenvalue weighted by Crippen LogP contribution is 2.41. The van der Waals surface area contributed by atoms with Crippen molar-refractivity contribution in [3.05, 3.63) is 95.5 Å². The number of allylic oxidation sites excluding steroid dienone is 1. The van der Waals surface area contributed by atoms with Gasteiger partial charge in [0.1, 0.15) is 17.6 Å². The van der Waals surface area contributed by atoms with Crippen LogP contribution in [0.25, 0.3) is 16.8 Å². The highest BCUT2D eigenvalue weighted by molar-refractivity contribution is 9.10. The number of thiazole rings is 1. The Bertz CT molecular complexity index is 1710. The molecule has 2 aromatic heterocycles. The summed E-state index contributed by atoms with van der Waals surface area (Å²) in [5, 5.41) is 1.86. The van der Waals surface area contributed by atoms with Gasteiger partial charge >= 0.3 is 5.97 Å². The Labute approximate surface area is 225 Å². The van der Waals surface area contributed by atoms with E-state index in [-0.39, 0.29) is 12.2 Å². The molecule has 1 unspecified atom stereocenters. The first-order valence-corrected chi connectivity index (χ1v) is 13.6. The zero-order valence-corrected chi connectivity index (χ0v) is 23.0. The molecule has 9 heteroatoms. The summed E-state index contributed by atoms with van der Waals surface area (Å²) in [4.78, 5) is 32.8. The molecule has 3 heterocycles. The Hall–Kier alpha value is -3.43. The SMILES string of the molecule is CCCC1=C(C(=O)OCC)C(c2c(OC)ccc3ccccc23)n2c(s/c(=C\c3ccc(Br)o3)c2=O)=N1. The Kier molecular flexibility index (Phi) is 7.17. The van der Waals surface area contributed by atoms with Crippen molar-refractivity contribution in [1.82, 2.24) is 4.57 Å². The first-order chi connectivity index (χ1) is 18.0. The standard InChI is InChI=1S/C28H25BrN2O5S/c1-4-8-19-24(27(33)35-5-2)25(23-18-10-7-6-9-16(18)11-13-20(23)34-3)31-26(32)21(37-28(31)30-19)15-17-12-14-22(29)36-17/h6-7,9-15,25H,4-5,8H2,1-3H3/b21-15-. The lowest BCUT2D eigenvalue weighted by atomic mass is 9.90. The molecule has 0 aliphatic carbocycles. The van der Waals surface area contributed by atoms with Crippen LogP contribution in [-0.4, -0.2) is 24.3 Å². The molecule has 0 amide bonds. The summed E-state index contributed by atoms with van der Waals surface area (Å²) in [6.45, 7) is 4.00. The van der Waals surface area contributed by atoms with E-state index < -0.39 is 12.0 Å². The van der Waals surface area contributed by atoms with Gasteiger partial charge in [0.25, 0.3) is 5.56 Å². The molecular weight excluding hydrogens is 556 g/mol. The van der Waals surface area contributed by atoms with Gasteiger partial charge in [0, 0.05) is 11.6 Å². The minimum Gasteiger partial charge on any atom is -0.496 e. The molecule has 0 radical (unpaired) electrons. The van der Waals surface area contributed by atoms with Crippen molar-refractivity contribution in [1.29, 1.82) is 0 Å². The topological polar surface area (TPSA) is 83.0 Å². The van der Waals surface area contributed by atoms with Crippen LogP contribution in [0.1, 0.15) is 44.1 Å². The third-order valence-electron chi connectivity index (χ3n) is 6.18. The average molecular weight is 581 g/mol. The second-order valence-electron chi connectivity index (χ2n) is 8.46. The Morgan fingerprint density at radius 1 is 1.19 bits per heavy atom. The molecule has 0 saturated heterocycles. The van der Waals surface area contributed by atoms with Gasteiger partial charge in [-0.2, -0.15) is 0 Å². The van der Waals surface area contributed by atoms with Gasteiger partial charge in [-0.15, -0.1) is 0 Å². The van der Waals surface area contributed by atoms with Crippen LogP contribution < -0.4 is 19.6 Å². The number of furan rings is 1. The van der Waals surface area contributed by atoms with Crippen LogP contribution in [-0.2, 0) is 9.53 Å². The maximum absolute atomic E-state index is 13.9. The van der Waals surface area contributed by atoms with Crippen LogP contribution in [0.4, 0.5) is 0 Å². The number of esters is 1. The molecule has 5 rings (SSSR count). The van der Waals surface area contributed by atoms with Gasteiger partial charge in [0.05, 0.1) is 29.5 Å². The van der Waals surface area contributed by atoms with Crippen LogP contribution in [0.5, 0.6) is 5.75 Å². The van der Waals surface area contributed by atoms with E-state index in [4.69, 9.17) is 18.9 Å². The number of carbonyl (C=O) groups is 1. The van der Waals surface area contributed by atoms with Crippen LogP contribution >= 0.6 is 27.3 Å².